The average Bonchev–Trinajstić information content (AvgIpc) is 2.97. The van der Waals surface area contributed by atoms with Crippen molar-refractivity contribution in [2.24, 2.45) is 5.92 Å². The lowest BCUT2D eigenvalue weighted by atomic mass is 9.91. The first-order chi connectivity index (χ1) is 14.7. The number of rotatable bonds is 8. The minimum absolute atomic E-state index is 0.0214. The molecule has 0 radical (unpaired) electrons. The number of aliphatic hydroxyl groups is 1. The second kappa shape index (κ2) is 9.33. The molecule has 1 atom stereocenters. The minimum atomic E-state index is -0.684. The molecule has 0 saturated carbocycles. The fraction of sp³-hybridized carbons (Fsp3) is 0.360. The van der Waals surface area contributed by atoms with Gasteiger partial charge in [0.25, 0.3) is 5.91 Å². The van der Waals surface area contributed by atoms with Crippen LogP contribution in [0, 0.1) is 11.7 Å². The maximum Gasteiger partial charge on any atom is 0.290 e. The van der Waals surface area contributed by atoms with Crippen molar-refractivity contribution in [3.8, 4) is 5.75 Å². The van der Waals surface area contributed by atoms with E-state index in [9.17, 15) is 19.1 Å². The molecule has 0 fully saturated rings. The second-order valence-electron chi connectivity index (χ2n) is 8.29. The SMILES string of the molecule is CC(C)Oc1ccc(C2C(C(=O)C(C)C)=C(O)C(=O)N2CCc2ccc(F)cc2)cc1. The van der Waals surface area contributed by atoms with E-state index in [1.807, 2.05) is 26.0 Å². The summed E-state index contributed by atoms with van der Waals surface area (Å²) in [5.41, 5.74) is 1.70. The summed E-state index contributed by atoms with van der Waals surface area (Å²) in [5, 5.41) is 10.6. The number of carbonyl (C=O) groups excluding carboxylic acids is 2. The molecule has 1 aliphatic heterocycles. The van der Waals surface area contributed by atoms with Crippen LogP contribution in [-0.4, -0.2) is 34.3 Å². The van der Waals surface area contributed by atoms with E-state index in [1.165, 1.54) is 17.0 Å². The zero-order chi connectivity index (χ0) is 22.7. The first-order valence-electron chi connectivity index (χ1n) is 10.5. The summed E-state index contributed by atoms with van der Waals surface area (Å²) in [6.07, 6.45) is 0.487. The summed E-state index contributed by atoms with van der Waals surface area (Å²) in [6, 6.07) is 12.6. The third-order valence-electron chi connectivity index (χ3n) is 5.22. The molecule has 1 amide bonds. The van der Waals surface area contributed by atoms with Gasteiger partial charge in [-0.05, 0) is 55.7 Å². The summed E-state index contributed by atoms with van der Waals surface area (Å²) in [7, 11) is 0. The first kappa shape index (κ1) is 22.5. The van der Waals surface area contributed by atoms with Crippen molar-refractivity contribution in [3.05, 3.63) is 76.8 Å². The second-order valence-corrected chi connectivity index (χ2v) is 8.29. The Morgan fingerprint density at radius 2 is 1.68 bits per heavy atom. The van der Waals surface area contributed by atoms with Crippen LogP contribution in [-0.2, 0) is 16.0 Å². The number of hydrogen-bond acceptors (Lipinski definition) is 4. The monoisotopic (exact) mass is 425 g/mol. The van der Waals surface area contributed by atoms with Crippen LogP contribution < -0.4 is 4.74 Å². The summed E-state index contributed by atoms with van der Waals surface area (Å²) < 4.78 is 18.9. The van der Waals surface area contributed by atoms with Gasteiger partial charge < -0.3 is 14.7 Å². The highest BCUT2D eigenvalue weighted by molar-refractivity contribution is 6.09. The van der Waals surface area contributed by atoms with Crippen LogP contribution in [0.5, 0.6) is 5.75 Å². The van der Waals surface area contributed by atoms with Crippen LogP contribution >= 0.6 is 0 Å². The van der Waals surface area contributed by atoms with Gasteiger partial charge in [-0.1, -0.05) is 38.1 Å². The van der Waals surface area contributed by atoms with E-state index < -0.39 is 17.7 Å². The van der Waals surface area contributed by atoms with E-state index in [0.29, 0.717) is 12.2 Å². The average molecular weight is 426 g/mol. The van der Waals surface area contributed by atoms with Crippen molar-refractivity contribution in [3.63, 3.8) is 0 Å². The van der Waals surface area contributed by atoms with Gasteiger partial charge in [-0.2, -0.15) is 0 Å². The molecular formula is C25H28FNO4. The highest BCUT2D eigenvalue weighted by Crippen LogP contribution is 2.39. The number of ketones is 1. The number of benzene rings is 2. The number of aliphatic hydroxyl groups excluding tert-OH is 1. The molecule has 5 nitrogen and oxygen atoms in total. The predicted octanol–water partition coefficient (Wildman–Crippen LogP) is 4.78. The van der Waals surface area contributed by atoms with Crippen molar-refractivity contribution in [1.29, 1.82) is 0 Å². The number of carbonyl (C=O) groups is 2. The van der Waals surface area contributed by atoms with Gasteiger partial charge in [0.15, 0.2) is 11.5 Å². The van der Waals surface area contributed by atoms with E-state index >= 15 is 0 Å². The van der Waals surface area contributed by atoms with Gasteiger partial charge >= 0.3 is 0 Å². The van der Waals surface area contributed by atoms with Crippen LogP contribution in [0.4, 0.5) is 4.39 Å². The Morgan fingerprint density at radius 3 is 2.23 bits per heavy atom. The quantitative estimate of drug-likeness (QED) is 0.661. The van der Waals surface area contributed by atoms with Gasteiger partial charge in [0.1, 0.15) is 11.6 Å². The molecule has 2 aromatic carbocycles. The molecule has 1 aliphatic rings. The lowest BCUT2D eigenvalue weighted by molar-refractivity contribution is -0.129. The Morgan fingerprint density at radius 1 is 1.06 bits per heavy atom. The van der Waals surface area contributed by atoms with E-state index in [1.54, 1.807) is 38.1 Å². The molecule has 6 heteroatoms. The Labute approximate surface area is 182 Å². The van der Waals surface area contributed by atoms with Crippen LogP contribution in [0.25, 0.3) is 0 Å². The molecule has 0 bridgehead atoms. The molecule has 2 aromatic rings. The topological polar surface area (TPSA) is 66.8 Å². The molecule has 164 valence electrons. The third-order valence-corrected chi connectivity index (χ3v) is 5.22. The Balaban J connectivity index is 1.93. The Bertz CT molecular complexity index is 978. The smallest absolute Gasteiger partial charge is 0.290 e. The fourth-order valence-electron chi connectivity index (χ4n) is 3.70. The van der Waals surface area contributed by atoms with E-state index in [-0.39, 0.29) is 35.7 Å². The van der Waals surface area contributed by atoms with E-state index in [0.717, 1.165) is 11.1 Å². The maximum absolute atomic E-state index is 13.2. The van der Waals surface area contributed by atoms with Crippen molar-refractivity contribution in [2.75, 3.05) is 6.54 Å². The largest absolute Gasteiger partial charge is 0.503 e. The number of ether oxygens (including phenoxy) is 1. The van der Waals surface area contributed by atoms with Crippen LogP contribution in [0.1, 0.15) is 44.9 Å². The number of halogens is 1. The van der Waals surface area contributed by atoms with Crippen molar-refractivity contribution >= 4 is 11.7 Å². The zero-order valence-corrected chi connectivity index (χ0v) is 18.3. The predicted molar refractivity (Wildman–Crippen MR) is 116 cm³/mol. The fourth-order valence-corrected chi connectivity index (χ4v) is 3.70. The Kier molecular flexibility index (Phi) is 6.78. The third kappa shape index (κ3) is 4.95. The van der Waals surface area contributed by atoms with Gasteiger partial charge in [-0.25, -0.2) is 4.39 Å². The van der Waals surface area contributed by atoms with Crippen LogP contribution in [0.2, 0.25) is 0 Å². The highest BCUT2D eigenvalue weighted by Gasteiger charge is 2.43. The molecule has 1 unspecified atom stereocenters. The maximum atomic E-state index is 13.2. The summed E-state index contributed by atoms with van der Waals surface area (Å²) in [6.45, 7) is 7.62. The Hall–Kier alpha value is -3.15. The summed E-state index contributed by atoms with van der Waals surface area (Å²) in [5.74, 6) is -1.34. The molecule has 0 aromatic heterocycles. The number of hydrogen-bond donors (Lipinski definition) is 1. The van der Waals surface area contributed by atoms with Gasteiger partial charge in [0.2, 0.25) is 0 Å². The molecule has 0 spiro atoms. The van der Waals surface area contributed by atoms with Gasteiger partial charge in [0, 0.05) is 12.5 Å². The van der Waals surface area contributed by atoms with E-state index in [2.05, 4.69) is 0 Å². The standard InChI is InChI=1S/C25H28FNO4/c1-15(2)23(28)21-22(18-7-11-20(12-8-18)31-16(3)4)27(25(30)24(21)29)14-13-17-5-9-19(26)10-6-17/h5-12,15-16,22,29H,13-14H2,1-4H3. The first-order valence-corrected chi connectivity index (χ1v) is 10.5. The zero-order valence-electron chi connectivity index (χ0n) is 18.3. The molecule has 3 rings (SSSR count). The van der Waals surface area contributed by atoms with Crippen molar-refractivity contribution < 1.29 is 23.8 Å². The van der Waals surface area contributed by atoms with Crippen LogP contribution in [0.3, 0.4) is 0 Å². The number of nitrogens with zero attached hydrogens (tertiary/aromatic N) is 1. The highest BCUT2D eigenvalue weighted by atomic mass is 19.1. The lowest BCUT2D eigenvalue weighted by Gasteiger charge is -2.27. The number of amides is 1. The normalized spacial score (nSPS) is 16.5. The summed E-state index contributed by atoms with van der Waals surface area (Å²) in [4.78, 5) is 27.3. The van der Waals surface area contributed by atoms with Crippen LogP contribution in [0.15, 0.2) is 59.9 Å². The summed E-state index contributed by atoms with van der Waals surface area (Å²) >= 11 is 0. The lowest BCUT2D eigenvalue weighted by Crippen LogP contribution is -2.33. The molecule has 0 aliphatic carbocycles. The molecule has 0 saturated heterocycles. The van der Waals surface area contributed by atoms with Gasteiger partial charge in [0.05, 0.1) is 17.7 Å². The molecule has 31 heavy (non-hydrogen) atoms. The van der Waals surface area contributed by atoms with Crippen molar-refractivity contribution in [1.82, 2.24) is 4.90 Å². The molecule has 1 heterocycles. The van der Waals surface area contributed by atoms with Crippen molar-refractivity contribution in [2.45, 2.75) is 46.3 Å². The van der Waals surface area contributed by atoms with Gasteiger partial charge in [-0.15, -0.1) is 0 Å². The molecule has 1 N–H and O–H groups in total. The van der Waals surface area contributed by atoms with E-state index in [4.69, 9.17) is 4.74 Å². The molecular weight excluding hydrogens is 397 g/mol. The van der Waals surface area contributed by atoms with Gasteiger partial charge in [-0.3, -0.25) is 9.59 Å². The minimum Gasteiger partial charge on any atom is -0.503 e. The number of Topliss-reactive ketones (excluding diaryl/α,β-unsaturated/α-hetero) is 1.